The molecule has 0 bridgehead atoms. The summed E-state index contributed by atoms with van der Waals surface area (Å²) in [6, 6.07) is 4.42. The van der Waals surface area contributed by atoms with E-state index in [9.17, 15) is 8.42 Å². The van der Waals surface area contributed by atoms with Gasteiger partial charge in [-0.15, -0.1) is 11.6 Å². The minimum Gasteiger partial charge on any atom is -0.211 e. The smallest absolute Gasteiger partial charge is 0.211 e. The summed E-state index contributed by atoms with van der Waals surface area (Å²) in [6.07, 6.45) is 4.36. The molecule has 0 heterocycles. The van der Waals surface area contributed by atoms with Gasteiger partial charge < -0.3 is 0 Å². The molecule has 0 aromatic heterocycles. The number of hydrogen-bond donors (Lipinski definition) is 1. The topological polar surface area (TPSA) is 46.2 Å². The van der Waals surface area contributed by atoms with Crippen LogP contribution < -0.4 is 4.72 Å². The average Bonchev–Trinajstić information content (AvgIpc) is 2.48. The van der Waals surface area contributed by atoms with E-state index in [0.717, 1.165) is 19.3 Å². The van der Waals surface area contributed by atoms with E-state index in [1.54, 1.807) is 6.07 Å². The molecule has 1 N–H and O–H groups in total. The first kappa shape index (κ1) is 17.4. The summed E-state index contributed by atoms with van der Waals surface area (Å²) in [4.78, 5) is 0.0231. The first-order chi connectivity index (χ1) is 9.94. The van der Waals surface area contributed by atoms with Gasteiger partial charge in [-0.25, -0.2) is 13.1 Å². The lowest BCUT2D eigenvalue weighted by atomic mass is 9.80. The van der Waals surface area contributed by atoms with Gasteiger partial charge in [0.1, 0.15) is 4.90 Å². The van der Waals surface area contributed by atoms with Gasteiger partial charge in [-0.1, -0.05) is 36.0 Å². The fraction of sp³-hybridized carbons (Fsp3) is 0.571. The van der Waals surface area contributed by atoms with E-state index in [0.29, 0.717) is 23.4 Å². The number of sulfonamides is 1. The van der Waals surface area contributed by atoms with Crippen LogP contribution in [0.25, 0.3) is 0 Å². The molecule has 1 aromatic carbocycles. The molecule has 7 heteroatoms. The Labute approximate surface area is 141 Å². The monoisotopic (exact) mass is 369 g/mol. The van der Waals surface area contributed by atoms with Crippen molar-refractivity contribution in [3.05, 3.63) is 28.2 Å². The van der Waals surface area contributed by atoms with Crippen molar-refractivity contribution < 1.29 is 8.42 Å². The maximum Gasteiger partial charge on any atom is 0.242 e. The SMILES string of the molecule is O=S(=O)(NCC1CCCCC1CCl)c1cc(Cl)ccc1Cl. The Bertz CT molecular complexity index is 592. The maximum atomic E-state index is 12.4. The van der Waals surface area contributed by atoms with Gasteiger partial charge in [0.2, 0.25) is 10.0 Å². The van der Waals surface area contributed by atoms with Crippen molar-refractivity contribution in [1.29, 1.82) is 0 Å². The van der Waals surface area contributed by atoms with E-state index in [1.807, 2.05) is 0 Å². The van der Waals surface area contributed by atoms with Crippen LogP contribution in [0.5, 0.6) is 0 Å². The molecule has 0 aliphatic heterocycles. The van der Waals surface area contributed by atoms with Crippen LogP contribution in [0.1, 0.15) is 25.7 Å². The highest BCUT2D eigenvalue weighted by molar-refractivity contribution is 7.89. The van der Waals surface area contributed by atoms with E-state index in [2.05, 4.69) is 4.72 Å². The van der Waals surface area contributed by atoms with E-state index >= 15 is 0 Å². The van der Waals surface area contributed by atoms with Crippen LogP contribution in [0.15, 0.2) is 23.1 Å². The summed E-state index contributed by atoms with van der Waals surface area (Å²) in [5.74, 6) is 1.23. The second-order valence-corrected chi connectivity index (χ2v) is 8.27. The van der Waals surface area contributed by atoms with Gasteiger partial charge in [0, 0.05) is 17.4 Å². The third-order valence-corrected chi connectivity index (χ3v) is 6.52. The molecule has 1 aliphatic rings. The van der Waals surface area contributed by atoms with E-state index in [1.165, 1.54) is 18.6 Å². The molecule has 1 saturated carbocycles. The van der Waals surface area contributed by atoms with Crippen LogP contribution in [-0.2, 0) is 10.0 Å². The van der Waals surface area contributed by atoms with Gasteiger partial charge >= 0.3 is 0 Å². The van der Waals surface area contributed by atoms with Crippen molar-refractivity contribution in [1.82, 2.24) is 4.72 Å². The lowest BCUT2D eigenvalue weighted by molar-refractivity contribution is 0.260. The minimum atomic E-state index is -3.65. The molecule has 0 saturated heterocycles. The van der Waals surface area contributed by atoms with Crippen molar-refractivity contribution in [2.75, 3.05) is 12.4 Å². The van der Waals surface area contributed by atoms with Crippen LogP contribution in [0.2, 0.25) is 10.0 Å². The van der Waals surface area contributed by atoms with Gasteiger partial charge in [0.25, 0.3) is 0 Å². The fourth-order valence-electron chi connectivity index (χ4n) is 2.73. The lowest BCUT2D eigenvalue weighted by Crippen LogP contribution is -2.35. The molecule has 1 aromatic rings. The summed E-state index contributed by atoms with van der Waals surface area (Å²) >= 11 is 17.8. The number of rotatable bonds is 5. The van der Waals surface area contributed by atoms with Crippen molar-refractivity contribution in [2.45, 2.75) is 30.6 Å². The molecule has 3 nitrogen and oxygen atoms in total. The molecule has 2 rings (SSSR count). The predicted molar refractivity (Wildman–Crippen MR) is 87.8 cm³/mol. The summed E-state index contributed by atoms with van der Waals surface area (Å²) in [5, 5.41) is 0.514. The zero-order valence-electron chi connectivity index (χ0n) is 11.5. The second kappa shape index (κ2) is 7.51. The number of nitrogens with one attached hydrogen (secondary N) is 1. The zero-order valence-corrected chi connectivity index (χ0v) is 14.6. The summed E-state index contributed by atoms with van der Waals surface area (Å²) in [5.41, 5.74) is 0. The third kappa shape index (κ3) is 4.49. The molecule has 118 valence electrons. The molecular weight excluding hydrogens is 353 g/mol. The van der Waals surface area contributed by atoms with Gasteiger partial charge in [-0.2, -0.15) is 0 Å². The summed E-state index contributed by atoms with van der Waals surface area (Å²) < 4.78 is 27.4. The molecule has 2 atom stereocenters. The Hall–Kier alpha value is -0.000000000000000167. The van der Waals surface area contributed by atoms with Crippen molar-refractivity contribution >= 4 is 44.8 Å². The third-order valence-electron chi connectivity index (χ3n) is 3.98. The Morgan fingerprint density at radius 1 is 1.14 bits per heavy atom. The molecule has 0 radical (unpaired) electrons. The normalized spacial score (nSPS) is 23.2. The van der Waals surface area contributed by atoms with Crippen molar-refractivity contribution in [3.8, 4) is 0 Å². The molecule has 0 amide bonds. The highest BCUT2D eigenvalue weighted by Crippen LogP contribution is 2.31. The van der Waals surface area contributed by atoms with Crippen LogP contribution in [0.3, 0.4) is 0 Å². The quantitative estimate of drug-likeness (QED) is 0.785. The molecular formula is C14H18Cl3NO2S. The number of alkyl halides is 1. The fourth-order valence-corrected chi connectivity index (χ4v) is 5.00. The summed E-state index contributed by atoms with van der Waals surface area (Å²) in [6.45, 7) is 0.391. The molecule has 0 spiro atoms. The van der Waals surface area contributed by atoms with E-state index in [4.69, 9.17) is 34.8 Å². The molecule has 21 heavy (non-hydrogen) atoms. The number of hydrogen-bond acceptors (Lipinski definition) is 2. The molecule has 1 fully saturated rings. The average molecular weight is 371 g/mol. The highest BCUT2D eigenvalue weighted by Gasteiger charge is 2.27. The van der Waals surface area contributed by atoms with E-state index in [-0.39, 0.29) is 15.8 Å². The first-order valence-electron chi connectivity index (χ1n) is 6.94. The van der Waals surface area contributed by atoms with E-state index < -0.39 is 10.0 Å². The second-order valence-electron chi connectivity index (χ2n) is 5.39. The summed E-state index contributed by atoms with van der Waals surface area (Å²) in [7, 11) is -3.65. The van der Waals surface area contributed by atoms with Gasteiger partial charge in [0.05, 0.1) is 5.02 Å². The largest absolute Gasteiger partial charge is 0.242 e. The lowest BCUT2D eigenvalue weighted by Gasteiger charge is -2.30. The molecule has 2 unspecified atom stereocenters. The number of halogens is 3. The first-order valence-corrected chi connectivity index (χ1v) is 9.72. The predicted octanol–water partition coefficient (Wildman–Crippen LogP) is 4.32. The number of benzene rings is 1. The van der Waals surface area contributed by atoms with Gasteiger partial charge in [-0.3, -0.25) is 0 Å². The van der Waals surface area contributed by atoms with Crippen molar-refractivity contribution in [3.63, 3.8) is 0 Å². The van der Waals surface area contributed by atoms with Crippen LogP contribution >= 0.6 is 34.8 Å². The minimum absolute atomic E-state index is 0.0231. The Kier molecular flexibility index (Phi) is 6.21. The maximum absolute atomic E-state index is 12.4. The van der Waals surface area contributed by atoms with Gasteiger partial charge in [0.15, 0.2) is 0 Å². The van der Waals surface area contributed by atoms with Crippen LogP contribution in [0, 0.1) is 11.8 Å². The zero-order chi connectivity index (χ0) is 15.5. The Balaban J connectivity index is 2.09. The Morgan fingerprint density at radius 2 is 1.81 bits per heavy atom. The van der Waals surface area contributed by atoms with Crippen molar-refractivity contribution in [2.24, 2.45) is 11.8 Å². The molecule has 1 aliphatic carbocycles. The Morgan fingerprint density at radius 3 is 2.48 bits per heavy atom. The van der Waals surface area contributed by atoms with Crippen LogP contribution in [0.4, 0.5) is 0 Å². The standard InChI is InChI=1S/C14H18Cl3NO2S/c15-8-10-3-1-2-4-11(10)9-18-21(19,20)14-7-12(16)5-6-13(14)17/h5-7,10-11,18H,1-4,8-9H2. The highest BCUT2D eigenvalue weighted by atomic mass is 35.5. The van der Waals surface area contributed by atoms with Gasteiger partial charge in [-0.05, 0) is 42.9 Å². The van der Waals surface area contributed by atoms with Crippen LogP contribution in [-0.4, -0.2) is 20.8 Å².